The first-order chi connectivity index (χ1) is 29.2. The summed E-state index contributed by atoms with van der Waals surface area (Å²) in [7, 11) is 0. The van der Waals surface area contributed by atoms with Gasteiger partial charge in [0.2, 0.25) is 17.7 Å². The minimum absolute atomic E-state index is 0.0462. The molecule has 2 aliphatic carbocycles. The third-order valence-corrected chi connectivity index (χ3v) is 12.2. The highest BCUT2D eigenvalue weighted by Crippen LogP contribution is 2.46. The number of fused-ring (bicyclic) bond motifs is 5. The normalized spacial score (nSPS) is 17.9. The molecule has 4 aromatic rings. The van der Waals surface area contributed by atoms with Crippen LogP contribution in [0.2, 0.25) is 0 Å². The number of carbonyl (C=O) groups is 6. The van der Waals surface area contributed by atoms with Crippen LogP contribution in [0.5, 0.6) is 0 Å². The Morgan fingerprint density at radius 3 is 2.48 bits per heavy atom. The van der Waals surface area contributed by atoms with Crippen LogP contribution in [0.15, 0.2) is 47.3 Å². The number of Topliss-reactive ketones (excluding diaryl/α,β-unsaturated/α-hetero) is 3. The lowest BCUT2D eigenvalue weighted by Crippen LogP contribution is -2.43. The van der Waals surface area contributed by atoms with Gasteiger partial charge in [-0.25, -0.2) is 9.37 Å². The van der Waals surface area contributed by atoms with Crippen LogP contribution in [0, 0.1) is 12.7 Å². The van der Waals surface area contributed by atoms with Crippen molar-refractivity contribution in [3.05, 3.63) is 97.6 Å². The van der Waals surface area contributed by atoms with Crippen LogP contribution in [0.25, 0.3) is 22.3 Å². The molecule has 0 saturated carbocycles. The summed E-state index contributed by atoms with van der Waals surface area (Å²) >= 11 is 0. The van der Waals surface area contributed by atoms with Crippen LogP contribution in [-0.4, -0.2) is 75.7 Å². The summed E-state index contributed by atoms with van der Waals surface area (Å²) in [6.45, 7) is 2.60. The number of aliphatic hydroxyl groups is 1. The van der Waals surface area contributed by atoms with E-state index < -0.39 is 47.8 Å². The van der Waals surface area contributed by atoms with Gasteiger partial charge in [-0.15, -0.1) is 0 Å². The Kier molecular flexibility index (Phi) is 12.7. The molecule has 0 bridgehead atoms. The molecule has 3 aliphatic rings. The van der Waals surface area contributed by atoms with E-state index >= 15 is 4.39 Å². The van der Waals surface area contributed by atoms with E-state index in [9.17, 15) is 38.7 Å². The van der Waals surface area contributed by atoms with Crippen molar-refractivity contribution in [3.63, 3.8) is 0 Å². The topological polar surface area (TPSA) is 229 Å². The minimum Gasteiger partial charge on any atom is -0.377 e. The zero-order valence-corrected chi connectivity index (χ0v) is 34.2. The van der Waals surface area contributed by atoms with Gasteiger partial charge in [0.25, 0.3) is 5.56 Å². The SMILES string of the molecule is CC[C@@]1(O)C(=O)CCc2c1cc1n(c2=O)Cc2c-1nc1cc(F)c(C)c3c1c2[C@@H](NC(=O)COCNC(=O)CCC(=O)[C@H](Cc1ccccc1)NC(=O)CCC(=O)CN)CC3. The molecule has 0 spiro atoms. The standard InChI is InChI=1S/C45H49FN6O9/c1-3-45(60)30-18-35-43-29(21-52(35)44(59)28(30)11-14-37(45)55)42-32(12-10-27-24(2)31(46)19-34(51-43)41(27)42)49-40(58)22-61-23-48-38(56)16-13-36(54)33(17-25-7-5-4-6-8-25)50-39(57)15-9-26(53)20-47/h4-8,18-19,32-33,60H,3,9-17,20-23,47H2,1-2H3,(H,48,56)(H,49,58)(H,50,57)/t32-,33-,45-/m0/s1. The van der Waals surface area contributed by atoms with Crippen LogP contribution in [0.1, 0.15) is 96.9 Å². The van der Waals surface area contributed by atoms with Gasteiger partial charge in [0.1, 0.15) is 30.5 Å². The summed E-state index contributed by atoms with van der Waals surface area (Å²) in [6.07, 6.45) is 0.872. The smallest absolute Gasteiger partial charge is 0.254 e. The molecule has 3 heterocycles. The maximum atomic E-state index is 15.3. The second-order valence-electron chi connectivity index (χ2n) is 15.9. The molecule has 61 heavy (non-hydrogen) atoms. The molecule has 2 aromatic heterocycles. The summed E-state index contributed by atoms with van der Waals surface area (Å²) in [5.74, 6) is -2.90. The molecule has 0 saturated heterocycles. The van der Waals surface area contributed by atoms with Crippen LogP contribution in [0.4, 0.5) is 4.39 Å². The van der Waals surface area contributed by atoms with E-state index in [1.807, 2.05) is 18.2 Å². The third-order valence-electron chi connectivity index (χ3n) is 12.2. The van der Waals surface area contributed by atoms with Crippen molar-refractivity contribution in [2.45, 2.75) is 102 Å². The number of nitrogens with two attached hydrogens (primary N) is 1. The Morgan fingerprint density at radius 1 is 0.984 bits per heavy atom. The first kappa shape index (κ1) is 43.1. The molecular weight excluding hydrogens is 788 g/mol. The molecule has 0 unspecified atom stereocenters. The van der Waals surface area contributed by atoms with Crippen molar-refractivity contribution >= 4 is 46.0 Å². The van der Waals surface area contributed by atoms with Gasteiger partial charge in [-0.3, -0.25) is 33.6 Å². The van der Waals surface area contributed by atoms with E-state index in [1.165, 1.54) is 6.07 Å². The lowest BCUT2D eigenvalue weighted by molar-refractivity contribution is -0.140. The number of pyridine rings is 2. The molecule has 7 rings (SSSR count). The summed E-state index contributed by atoms with van der Waals surface area (Å²) in [6, 6.07) is 10.6. The molecule has 2 aromatic carbocycles. The minimum atomic E-state index is -1.81. The van der Waals surface area contributed by atoms with Gasteiger partial charge in [-0.2, -0.15) is 0 Å². The number of aryl methyl sites for hydroxylation is 1. The van der Waals surface area contributed by atoms with E-state index in [0.29, 0.717) is 57.4 Å². The molecule has 0 fully saturated rings. The number of aromatic nitrogens is 2. The molecular formula is C45H49FN6O9. The number of halogens is 1. The highest BCUT2D eigenvalue weighted by molar-refractivity contribution is 5.95. The fourth-order valence-corrected chi connectivity index (χ4v) is 8.81. The second kappa shape index (κ2) is 17.9. The fraction of sp³-hybridized carbons (Fsp3) is 0.422. The molecule has 15 nitrogen and oxygen atoms in total. The quantitative estimate of drug-likeness (QED) is 0.0676. The molecule has 6 N–H and O–H groups in total. The largest absolute Gasteiger partial charge is 0.377 e. The average Bonchev–Trinajstić information content (AvgIpc) is 3.63. The number of benzene rings is 2. The number of ether oxygens (including phenoxy) is 1. The first-order valence-corrected chi connectivity index (χ1v) is 20.6. The maximum absolute atomic E-state index is 15.3. The summed E-state index contributed by atoms with van der Waals surface area (Å²) in [4.78, 5) is 95.2. The third kappa shape index (κ3) is 8.65. The molecule has 3 atom stereocenters. The van der Waals surface area contributed by atoms with Crippen molar-refractivity contribution in [2.75, 3.05) is 19.9 Å². The van der Waals surface area contributed by atoms with Gasteiger partial charge < -0.3 is 36.1 Å². The van der Waals surface area contributed by atoms with Crippen molar-refractivity contribution < 1.29 is 43.0 Å². The van der Waals surface area contributed by atoms with Gasteiger partial charge in [-0.1, -0.05) is 37.3 Å². The zero-order chi connectivity index (χ0) is 43.6. The zero-order valence-electron chi connectivity index (χ0n) is 34.2. The molecule has 16 heteroatoms. The number of nitrogens with one attached hydrogen (secondary N) is 3. The number of ketones is 3. The number of hydrogen-bond acceptors (Lipinski definition) is 11. The number of rotatable bonds is 17. The summed E-state index contributed by atoms with van der Waals surface area (Å²) < 4.78 is 22.4. The van der Waals surface area contributed by atoms with Crippen molar-refractivity contribution in [3.8, 4) is 11.4 Å². The highest BCUT2D eigenvalue weighted by atomic mass is 19.1. The Bertz CT molecular complexity index is 2520. The highest BCUT2D eigenvalue weighted by Gasteiger charge is 2.44. The lowest BCUT2D eigenvalue weighted by atomic mass is 9.77. The van der Waals surface area contributed by atoms with Crippen LogP contribution in [-0.2, 0) is 64.9 Å². The predicted molar refractivity (Wildman–Crippen MR) is 221 cm³/mol. The second-order valence-corrected chi connectivity index (χ2v) is 15.9. The summed E-state index contributed by atoms with van der Waals surface area (Å²) in [5.41, 5.74) is 8.48. The van der Waals surface area contributed by atoms with Gasteiger partial charge >= 0.3 is 0 Å². The van der Waals surface area contributed by atoms with Crippen molar-refractivity contribution in [1.82, 2.24) is 25.5 Å². The summed E-state index contributed by atoms with van der Waals surface area (Å²) in [5, 5.41) is 20.4. The Balaban J connectivity index is 1.00. The molecule has 0 radical (unpaired) electrons. The van der Waals surface area contributed by atoms with Gasteiger partial charge in [-0.05, 0) is 67.3 Å². The lowest BCUT2D eigenvalue weighted by Gasteiger charge is -2.32. The van der Waals surface area contributed by atoms with Crippen LogP contribution < -0.4 is 27.2 Å². The maximum Gasteiger partial charge on any atom is 0.254 e. The number of hydrogen-bond donors (Lipinski definition) is 5. The number of nitrogens with zero attached hydrogens (tertiary/aromatic N) is 2. The van der Waals surface area contributed by atoms with Gasteiger partial charge in [0.05, 0.1) is 42.1 Å². The van der Waals surface area contributed by atoms with Gasteiger partial charge in [0.15, 0.2) is 11.6 Å². The Labute approximate surface area is 350 Å². The fourth-order valence-electron chi connectivity index (χ4n) is 8.81. The number of amides is 3. The van der Waals surface area contributed by atoms with E-state index in [2.05, 4.69) is 16.0 Å². The van der Waals surface area contributed by atoms with E-state index in [1.54, 1.807) is 36.6 Å². The Hall–Kier alpha value is -5.97. The van der Waals surface area contributed by atoms with E-state index in [0.717, 1.165) is 11.1 Å². The van der Waals surface area contributed by atoms with E-state index in [4.69, 9.17) is 15.5 Å². The molecule has 320 valence electrons. The number of carbonyl (C=O) groups excluding carboxylic acids is 6. The van der Waals surface area contributed by atoms with Gasteiger partial charge in [0, 0.05) is 60.2 Å². The van der Waals surface area contributed by atoms with Crippen LogP contribution in [0.3, 0.4) is 0 Å². The van der Waals surface area contributed by atoms with Crippen molar-refractivity contribution in [2.24, 2.45) is 5.73 Å². The molecule has 3 amide bonds. The van der Waals surface area contributed by atoms with E-state index in [-0.39, 0.29) is 99.7 Å². The Morgan fingerprint density at radius 2 is 1.74 bits per heavy atom. The monoisotopic (exact) mass is 836 g/mol. The predicted octanol–water partition coefficient (Wildman–Crippen LogP) is 2.56. The van der Waals surface area contributed by atoms with Crippen molar-refractivity contribution in [1.29, 1.82) is 0 Å². The van der Waals surface area contributed by atoms with Crippen LogP contribution >= 0.6 is 0 Å². The average molecular weight is 837 g/mol. The molecule has 1 aliphatic heterocycles. The first-order valence-electron chi connectivity index (χ1n) is 20.6.